The lowest BCUT2D eigenvalue weighted by Gasteiger charge is -2.17. The molecule has 0 aliphatic heterocycles. The molecular formula is C20H26N4O2S2. The van der Waals surface area contributed by atoms with Gasteiger partial charge in [0.15, 0.2) is 11.0 Å². The van der Waals surface area contributed by atoms with Gasteiger partial charge in [0, 0.05) is 16.3 Å². The van der Waals surface area contributed by atoms with E-state index in [-0.39, 0.29) is 17.0 Å². The van der Waals surface area contributed by atoms with Gasteiger partial charge in [0.25, 0.3) is 5.56 Å². The van der Waals surface area contributed by atoms with Crippen molar-refractivity contribution >= 4 is 33.3 Å². The van der Waals surface area contributed by atoms with E-state index >= 15 is 0 Å². The minimum absolute atomic E-state index is 0.0992. The second-order valence-corrected chi connectivity index (χ2v) is 10.7. The van der Waals surface area contributed by atoms with Crippen molar-refractivity contribution in [1.29, 1.82) is 0 Å². The van der Waals surface area contributed by atoms with Crippen LogP contribution in [-0.4, -0.2) is 19.7 Å². The predicted molar refractivity (Wildman–Crippen MR) is 113 cm³/mol. The van der Waals surface area contributed by atoms with Gasteiger partial charge in [-0.05, 0) is 32.3 Å². The smallest absolute Gasteiger partial charge is 0.263 e. The first kappa shape index (κ1) is 19.6. The number of aryl methyl sites for hydroxylation is 2. The highest BCUT2D eigenvalue weighted by Crippen LogP contribution is 2.35. The molecule has 8 heteroatoms. The second-order valence-electron chi connectivity index (χ2n) is 8.52. The Hall–Kier alpha value is -1.67. The van der Waals surface area contributed by atoms with Crippen LogP contribution in [0, 0.1) is 13.8 Å². The van der Waals surface area contributed by atoms with E-state index in [1.807, 2.05) is 11.5 Å². The molecule has 1 fully saturated rings. The van der Waals surface area contributed by atoms with Crippen LogP contribution in [0.1, 0.15) is 74.7 Å². The summed E-state index contributed by atoms with van der Waals surface area (Å²) in [6.07, 6.45) is 4.41. The minimum Gasteiger partial charge on any atom is -0.338 e. The van der Waals surface area contributed by atoms with E-state index in [0.717, 1.165) is 38.7 Å². The molecule has 0 atom stereocenters. The molecular weight excluding hydrogens is 392 g/mol. The molecule has 150 valence electrons. The standard InChI is InChI=1S/C20H26N4O2S2/c1-11-12(2)28-16-15(11)17(25)24(13-8-6-7-9-13)19(22-16)27-10-14-21-18(23-26-14)20(3,4)5/h13H,6-10H2,1-5H3. The zero-order valence-corrected chi connectivity index (χ0v) is 18.7. The maximum absolute atomic E-state index is 13.4. The van der Waals surface area contributed by atoms with Gasteiger partial charge in [0.1, 0.15) is 4.83 Å². The molecule has 0 radical (unpaired) electrons. The lowest BCUT2D eigenvalue weighted by atomic mass is 9.96. The van der Waals surface area contributed by atoms with Gasteiger partial charge in [0.05, 0.1) is 11.1 Å². The van der Waals surface area contributed by atoms with Crippen molar-refractivity contribution in [1.82, 2.24) is 19.7 Å². The van der Waals surface area contributed by atoms with Crippen LogP contribution >= 0.6 is 23.1 Å². The molecule has 4 rings (SSSR count). The van der Waals surface area contributed by atoms with Gasteiger partial charge in [-0.25, -0.2) is 4.98 Å². The van der Waals surface area contributed by atoms with Gasteiger partial charge in [-0.1, -0.05) is 50.5 Å². The van der Waals surface area contributed by atoms with Crippen LogP contribution in [-0.2, 0) is 11.2 Å². The van der Waals surface area contributed by atoms with E-state index in [0.29, 0.717) is 17.5 Å². The second kappa shape index (κ2) is 7.30. The molecule has 0 saturated heterocycles. The zero-order valence-electron chi connectivity index (χ0n) is 17.0. The average Bonchev–Trinajstić information content (AvgIpc) is 3.34. The van der Waals surface area contributed by atoms with Gasteiger partial charge < -0.3 is 4.52 Å². The number of nitrogens with zero attached hydrogens (tertiary/aromatic N) is 4. The average molecular weight is 419 g/mol. The molecule has 0 bridgehead atoms. The van der Waals surface area contributed by atoms with Crippen molar-refractivity contribution < 1.29 is 4.52 Å². The maximum atomic E-state index is 13.4. The highest BCUT2D eigenvalue weighted by molar-refractivity contribution is 7.98. The normalized spacial score (nSPS) is 15.8. The van der Waals surface area contributed by atoms with Crippen LogP contribution in [0.25, 0.3) is 10.2 Å². The Kier molecular flexibility index (Phi) is 5.12. The molecule has 1 aliphatic carbocycles. The fraction of sp³-hybridized carbons (Fsp3) is 0.600. The lowest BCUT2D eigenvalue weighted by Crippen LogP contribution is -2.26. The van der Waals surface area contributed by atoms with Crippen LogP contribution in [0.4, 0.5) is 0 Å². The predicted octanol–water partition coefficient (Wildman–Crippen LogP) is 5.16. The molecule has 0 amide bonds. The number of fused-ring (bicyclic) bond motifs is 1. The summed E-state index contributed by atoms with van der Waals surface area (Å²) in [5.41, 5.74) is 1.01. The third kappa shape index (κ3) is 3.52. The summed E-state index contributed by atoms with van der Waals surface area (Å²) in [4.78, 5) is 24.8. The summed E-state index contributed by atoms with van der Waals surface area (Å²) in [6, 6.07) is 0.235. The Morgan fingerprint density at radius 2 is 1.93 bits per heavy atom. The topological polar surface area (TPSA) is 73.8 Å². The summed E-state index contributed by atoms with van der Waals surface area (Å²) in [5.74, 6) is 1.78. The van der Waals surface area contributed by atoms with Crippen molar-refractivity contribution in [2.45, 2.75) is 82.7 Å². The van der Waals surface area contributed by atoms with Crippen LogP contribution in [0.3, 0.4) is 0 Å². The summed E-state index contributed by atoms with van der Waals surface area (Å²) in [7, 11) is 0. The van der Waals surface area contributed by atoms with E-state index in [1.165, 1.54) is 24.6 Å². The number of hydrogen-bond acceptors (Lipinski definition) is 7. The maximum Gasteiger partial charge on any atom is 0.263 e. The number of thiophene rings is 1. The molecule has 3 aromatic rings. The molecule has 6 nitrogen and oxygen atoms in total. The van der Waals surface area contributed by atoms with E-state index < -0.39 is 0 Å². The Morgan fingerprint density at radius 3 is 2.57 bits per heavy atom. The Bertz CT molecular complexity index is 1070. The van der Waals surface area contributed by atoms with Crippen molar-refractivity contribution in [3.63, 3.8) is 0 Å². The van der Waals surface area contributed by atoms with Gasteiger partial charge in [-0.2, -0.15) is 4.98 Å². The molecule has 1 aliphatic rings. The zero-order chi connectivity index (χ0) is 20.1. The number of rotatable bonds is 4. The minimum atomic E-state index is -0.151. The molecule has 0 aromatic carbocycles. The quantitative estimate of drug-likeness (QED) is 0.430. The first-order chi connectivity index (χ1) is 13.3. The van der Waals surface area contributed by atoms with Gasteiger partial charge >= 0.3 is 0 Å². The van der Waals surface area contributed by atoms with E-state index in [1.54, 1.807) is 11.3 Å². The molecule has 3 heterocycles. The van der Waals surface area contributed by atoms with Crippen LogP contribution in [0.5, 0.6) is 0 Å². The van der Waals surface area contributed by atoms with Gasteiger partial charge in [0.2, 0.25) is 5.89 Å². The lowest BCUT2D eigenvalue weighted by molar-refractivity contribution is 0.372. The largest absolute Gasteiger partial charge is 0.338 e. The fourth-order valence-electron chi connectivity index (χ4n) is 3.62. The summed E-state index contributed by atoms with van der Waals surface area (Å²) in [5, 5.41) is 5.64. The highest BCUT2D eigenvalue weighted by Gasteiger charge is 2.26. The van der Waals surface area contributed by atoms with Crippen molar-refractivity contribution in [2.75, 3.05) is 0 Å². The summed E-state index contributed by atoms with van der Waals surface area (Å²) < 4.78 is 7.36. The van der Waals surface area contributed by atoms with E-state index in [2.05, 4.69) is 37.8 Å². The number of hydrogen-bond donors (Lipinski definition) is 0. The molecule has 0 spiro atoms. The first-order valence-electron chi connectivity index (χ1n) is 9.74. The van der Waals surface area contributed by atoms with E-state index in [4.69, 9.17) is 9.51 Å². The first-order valence-corrected chi connectivity index (χ1v) is 11.5. The number of thioether (sulfide) groups is 1. The Labute approximate surface area is 172 Å². The molecule has 3 aromatic heterocycles. The van der Waals surface area contributed by atoms with Crippen molar-refractivity contribution in [3.8, 4) is 0 Å². The van der Waals surface area contributed by atoms with Gasteiger partial charge in [-0.15, -0.1) is 11.3 Å². The summed E-state index contributed by atoms with van der Waals surface area (Å²) >= 11 is 3.12. The Balaban J connectivity index is 1.72. The summed E-state index contributed by atoms with van der Waals surface area (Å²) in [6.45, 7) is 10.3. The SMILES string of the molecule is Cc1sc2nc(SCc3nc(C(C)(C)C)no3)n(C3CCCC3)c(=O)c2c1C. The Morgan fingerprint density at radius 1 is 1.21 bits per heavy atom. The fourth-order valence-corrected chi connectivity index (χ4v) is 5.59. The number of aromatic nitrogens is 4. The molecule has 28 heavy (non-hydrogen) atoms. The van der Waals surface area contributed by atoms with Crippen LogP contribution < -0.4 is 5.56 Å². The van der Waals surface area contributed by atoms with Crippen molar-refractivity contribution in [2.24, 2.45) is 0 Å². The van der Waals surface area contributed by atoms with Gasteiger partial charge in [-0.3, -0.25) is 9.36 Å². The molecule has 0 N–H and O–H groups in total. The highest BCUT2D eigenvalue weighted by atomic mass is 32.2. The third-order valence-electron chi connectivity index (χ3n) is 5.36. The van der Waals surface area contributed by atoms with Crippen LogP contribution in [0.2, 0.25) is 0 Å². The van der Waals surface area contributed by atoms with Crippen molar-refractivity contribution in [3.05, 3.63) is 32.5 Å². The molecule has 0 unspecified atom stereocenters. The third-order valence-corrected chi connectivity index (χ3v) is 7.39. The molecule has 1 saturated carbocycles. The van der Waals surface area contributed by atoms with Crippen LogP contribution in [0.15, 0.2) is 14.5 Å². The van der Waals surface area contributed by atoms with E-state index in [9.17, 15) is 4.79 Å². The monoisotopic (exact) mass is 418 g/mol.